The van der Waals surface area contributed by atoms with Crippen LogP contribution in [0.5, 0.6) is 5.75 Å². The molecule has 0 saturated heterocycles. The number of fused-ring (bicyclic) bond motifs is 1. The highest BCUT2D eigenvalue weighted by atomic mass is 35.5. The first-order chi connectivity index (χ1) is 9.16. The minimum Gasteiger partial charge on any atom is -0.493 e. The van der Waals surface area contributed by atoms with E-state index in [-0.39, 0.29) is 0 Å². The van der Waals surface area contributed by atoms with Crippen LogP contribution >= 0.6 is 11.6 Å². The van der Waals surface area contributed by atoms with Gasteiger partial charge >= 0.3 is 0 Å². The Hall–Kier alpha value is -1.03. The molecule has 2 rings (SSSR count). The lowest BCUT2D eigenvalue weighted by Crippen LogP contribution is -2.20. The van der Waals surface area contributed by atoms with Crippen molar-refractivity contribution in [2.75, 3.05) is 26.4 Å². The Morgan fingerprint density at radius 2 is 2.37 bits per heavy atom. The Labute approximate surface area is 119 Å². The first kappa shape index (κ1) is 14.4. The zero-order valence-electron chi connectivity index (χ0n) is 11.3. The Bertz CT molecular complexity index is 460. The first-order valence-electron chi connectivity index (χ1n) is 6.54. The van der Waals surface area contributed by atoms with Crippen LogP contribution in [0.3, 0.4) is 0 Å². The smallest absolute Gasteiger partial charge is 0.127 e. The second-order valence-corrected chi connectivity index (χ2v) is 5.27. The van der Waals surface area contributed by atoms with E-state index in [2.05, 4.69) is 11.9 Å². The summed E-state index contributed by atoms with van der Waals surface area (Å²) in [5.41, 5.74) is 3.38. The first-order valence-corrected chi connectivity index (χ1v) is 6.91. The van der Waals surface area contributed by atoms with E-state index in [0.29, 0.717) is 13.2 Å². The summed E-state index contributed by atoms with van der Waals surface area (Å²) in [6.45, 7) is 9.35. The zero-order chi connectivity index (χ0) is 13.7. The maximum Gasteiger partial charge on any atom is 0.127 e. The molecule has 0 aliphatic carbocycles. The molecule has 1 heterocycles. The predicted molar refractivity (Wildman–Crippen MR) is 78.0 cm³/mol. The van der Waals surface area contributed by atoms with E-state index < -0.39 is 0 Å². The van der Waals surface area contributed by atoms with E-state index in [1.165, 1.54) is 5.56 Å². The summed E-state index contributed by atoms with van der Waals surface area (Å²) in [6.07, 6.45) is 0.949. The summed E-state index contributed by atoms with van der Waals surface area (Å²) in [5, 5.41) is 4.12. The van der Waals surface area contributed by atoms with Crippen molar-refractivity contribution in [3.05, 3.63) is 40.4 Å². The number of benzene rings is 1. The van der Waals surface area contributed by atoms with Crippen LogP contribution in [0.4, 0.5) is 0 Å². The van der Waals surface area contributed by atoms with Gasteiger partial charge in [-0.1, -0.05) is 23.8 Å². The van der Waals surface area contributed by atoms with Crippen molar-refractivity contribution in [1.82, 2.24) is 5.32 Å². The molecule has 0 aromatic heterocycles. The van der Waals surface area contributed by atoms with Crippen LogP contribution in [0.25, 0.3) is 0 Å². The largest absolute Gasteiger partial charge is 0.493 e. The third kappa shape index (κ3) is 4.23. The van der Waals surface area contributed by atoms with Gasteiger partial charge in [-0.25, -0.2) is 0 Å². The van der Waals surface area contributed by atoms with Crippen molar-refractivity contribution in [3.63, 3.8) is 0 Å². The molecule has 3 nitrogen and oxygen atoms in total. The number of hydrogen-bond donors (Lipinski definition) is 1. The minimum absolute atomic E-state index is 0.622. The van der Waals surface area contributed by atoms with E-state index in [1.54, 1.807) is 0 Å². The quantitative estimate of drug-likeness (QED) is 0.616. The monoisotopic (exact) mass is 281 g/mol. The van der Waals surface area contributed by atoms with Gasteiger partial charge in [0.2, 0.25) is 0 Å². The molecule has 1 aromatic rings. The molecule has 1 aliphatic rings. The third-order valence-corrected chi connectivity index (χ3v) is 3.13. The molecule has 0 radical (unpaired) electrons. The fourth-order valence-corrected chi connectivity index (χ4v) is 2.35. The van der Waals surface area contributed by atoms with Gasteiger partial charge in [-0.15, -0.1) is 0 Å². The van der Waals surface area contributed by atoms with Gasteiger partial charge < -0.3 is 14.8 Å². The molecular weight excluding hydrogens is 262 g/mol. The van der Waals surface area contributed by atoms with Gasteiger partial charge in [0.15, 0.2) is 0 Å². The second-order valence-electron chi connectivity index (χ2n) is 4.84. The molecule has 0 amide bonds. The van der Waals surface area contributed by atoms with Gasteiger partial charge in [-0.3, -0.25) is 0 Å². The molecule has 1 N–H and O–H groups in total. The lowest BCUT2D eigenvalue weighted by atomic mass is 10.1. The normalized spacial score (nSPS) is 13.2. The molecule has 0 unspecified atom stereocenters. The van der Waals surface area contributed by atoms with Crippen molar-refractivity contribution in [2.45, 2.75) is 19.9 Å². The number of ether oxygens (including phenoxy) is 2. The fraction of sp³-hybridized carbons (Fsp3) is 0.467. The van der Waals surface area contributed by atoms with Crippen molar-refractivity contribution in [2.24, 2.45) is 0 Å². The van der Waals surface area contributed by atoms with Gasteiger partial charge in [0, 0.05) is 30.1 Å². The van der Waals surface area contributed by atoms with Gasteiger partial charge in [-0.2, -0.15) is 0 Å². The molecule has 104 valence electrons. The highest BCUT2D eigenvalue weighted by molar-refractivity contribution is 6.30. The van der Waals surface area contributed by atoms with Gasteiger partial charge in [0.1, 0.15) is 5.75 Å². The van der Waals surface area contributed by atoms with Crippen LogP contribution in [-0.2, 0) is 17.7 Å². The van der Waals surface area contributed by atoms with Crippen molar-refractivity contribution in [1.29, 1.82) is 0 Å². The maximum absolute atomic E-state index is 6.11. The van der Waals surface area contributed by atoms with Crippen LogP contribution in [0, 0.1) is 0 Å². The SMILES string of the molecule is C=C(C)COCCNCc1cc(Cl)cc2c1OCC2. The Morgan fingerprint density at radius 1 is 1.53 bits per heavy atom. The van der Waals surface area contributed by atoms with Gasteiger partial charge in [0.25, 0.3) is 0 Å². The van der Waals surface area contributed by atoms with Crippen LogP contribution in [0.15, 0.2) is 24.3 Å². The van der Waals surface area contributed by atoms with E-state index in [0.717, 1.165) is 48.0 Å². The topological polar surface area (TPSA) is 30.5 Å². The summed E-state index contributed by atoms with van der Waals surface area (Å²) in [7, 11) is 0. The summed E-state index contributed by atoms with van der Waals surface area (Å²) >= 11 is 6.11. The molecule has 1 aliphatic heterocycles. The predicted octanol–water partition coefficient (Wildman–Crippen LogP) is 2.96. The van der Waals surface area contributed by atoms with Crippen molar-refractivity contribution >= 4 is 11.6 Å². The Kier molecular flexibility index (Phi) is 5.25. The second kappa shape index (κ2) is 6.94. The highest BCUT2D eigenvalue weighted by Gasteiger charge is 2.17. The lowest BCUT2D eigenvalue weighted by Gasteiger charge is -2.10. The summed E-state index contributed by atoms with van der Waals surface area (Å²) in [4.78, 5) is 0. The Morgan fingerprint density at radius 3 is 3.16 bits per heavy atom. The molecule has 0 bridgehead atoms. The molecule has 0 spiro atoms. The molecule has 4 heteroatoms. The maximum atomic E-state index is 6.11. The summed E-state index contributed by atoms with van der Waals surface area (Å²) in [6, 6.07) is 3.96. The zero-order valence-corrected chi connectivity index (χ0v) is 12.1. The van der Waals surface area contributed by atoms with E-state index in [4.69, 9.17) is 21.1 Å². The van der Waals surface area contributed by atoms with Crippen LogP contribution in [0.2, 0.25) is 5.02 Å². The number of hydrogen-bond acceptors (Lipinski definition) is 3. The van der Waals surface area contributed by atoms with Crippen LogP contribution < -0.4 is 10.1 Å². The molecule has 19 heavy (non-hydrogen) atoms. The van der Waals surface area contributed by atoms with Crippen LogP contribution in [-0.4, -0.2) is 26.4 Å². The van der Waals surface area contributed by atoms with Crippen molar-refractivity contribution in [3.8, 4) is 5.75 Å². The average Bonchev–Trinajstić information content (AvgIpc) is 2.80. The number of halogens is 1. The standard InChI is InChI=1S/C15H20ClNO2/c1-11(2)10-18-6-4-17-9-13-8-14(16)7-12-3-5-19-15(12)13/h7-8,17H,1,3-6,9-10H2,2H3. The average molecular weight is 282 g/mol. The fourth-order valence-electron chi connectivity index (χ4n) is 2.09. The molecule has 1 aromatic carbocycles. The highest BCUT2D eigenvalue weighted by Crippen LogP contribution is 2.32. The summed E-state index contributed by atoms with van der Waals surface area (Å²) < 4.78 is 11.1. The number of nitrogens with one attached hydrogen (secondary N) is 1. The van der Waals surface area contributed by atoms with Crippen LogP contribution in [0.1, 0.15) is 18.1 Å². The van der Waals surface area contributed by atoms with Gasteiger partial charge in [-0.05, 0) is 24.6 Å². The number of rotatable bonds is 7. The van der Waals surface area contributed by atoms with Gasteiger partial charge in [0.05, 0.1) is 19.8 Å². The van der Waals surface area contributed by atoms with E-state index in [1.807, 2.05) is 19.1 Å². The van der Waals surface area contributed by atoms with E-state index >= 15 is 0 Å². The molecule has 0 fully saturated rings. The molecule has 0 saturated carbocycles. The molecular formula is C15H20ClNO2. The van der Waals surface area contributed by atoms with Crippen molar-refractivity contribution < 1.29 is 9.47 Å². The lowest BCUT2D eigenvalue weighted by molar-refractivity contribution is 0.157. The molecule has 0 atom stereocenters. The Balaban J connectivity index is 1.79. The van der Waals surface area contributed by atoms with E-state index in [9.17, 15) is 0 Å². The summed E-state index contributed by atoms with van der Waals surface area (Å²) in [5.74, 6) is 1.000. The minimum atomic E-state index is 0.622. The third-order valence-electron chi connectivity index (χ3n) is 2.91.